The van der Waals surface area contributed by atoms with Crippen LogP contribution in [0.1, 0.15) is 11.5 Å². The van der Waals surface area contributed by atoms with Crippen molar-refractivity contribution >= 4 is 6.03 Å². The van der Waals surface area contributed by atoms with Gasteiger partial charge >= 0.3 is 6.03 Å². The molecule has 1 aromatic heterocycles. The van der Waals surface area contributed by atoms with Crippen molar-refractivity contribution in [2.24, 2.45) is 5.73 Å². The second-order valence-corrected chi connectivity index (χ2v) is 2.55. The molecule has 0 aliphatic heterocycles. The Morgan fingerprint density at radius 2 is 2.42 bits per heavy atom. The molecule has 1 rings (SSSR count). The van der Waals surface area contributed by atoms with Gasteiger partial charge < -0.3 is 15.5 Å². The third kappa shape index (κ3) is 2.65. The van der Waals surface area contributed by atoms with Gasteiger partial charge in [0, 0.05) is 13.0 Å². The van der Waals surface area contributed by atoms with Gasteiger partial charge in [-0.1, -0.05) is 0 Å². The van der Waals surface area contributed by atoms with Crippen molar-refractivity contribution in [3.8, 4) is 0 Å². The van der Waals surface area contributed by atoms with Crippen molar-refractivity contribution in [3.63, 3.8) is 0 Å². The lowest BCUT2D eigenvalue weighted by molar-refractivity contribution is 0.249. The predicted molar refractivity (Wildman–Crippen MR) is 44.7 cm³/mol. The lowest BCUT2D eigenvalue weighted by atomic mass is 10.3. The zero-order valence-electron chi connectivity index (χ0n) is 6.96. The molecule has 4 heteroatoms. The van der Waals surface area contributed by atoms with Crippen LogP contribution in [0.3, 0.4) is 0 Å². The normalized spacial score (nSPS) is 9.75. The van der Waals surface area contributed by atoms with Crippen LogP contribution < -0.4 is 11.1 Å². The fraction of sp³-hybridized carbons (Fsp3) is 0.375. The summed E-state index contributed by atoms with van der Waals surface area (Å²) in [7, 11) is 0. The number of hydrogen-bond donors (Lipinski definition) is 2. The van der Waals surface area contributed by atoms with E-state index >= 15 is 0 Å². The van der Waals surface area contributed by atoms with E-state index in [1.54, 1.807) is 0 Å². The highest BCUT2D eigenvalue weighted by atomic mass is 16.3. The molecule has 0 saturated heterocycles. The van der Waals surface area contributed by atoms with Gasteiger partial charge in [-0.15, -0.1) is 0 Å². The molecule has 2 amide bonds. The van der Waals surface area contributed by atoms with Gasteiger partial charge in [-0.25, -0.2) is 4.79 Å². The summed E-state index contributed by atoms with van der Waals surface area (Å²) in [5.41, 5.74) is 4.88. The molecule has 0 aliphatic carbocycles. The minimum Gasteiger partial charge on any atom is -0.466 e. The summed E-state index contributed by atoms with van der Waals surface area (Å²) in [6.45, 7) is 2.40. The Balaban J connectivity index is 2.29. The van der Waals surface area contributed by atoms with Crippen molar-refractivity contribution in [1.29, 1.82) is 0 Å². The van der Waals surface area contributed by atoms with Crippen molar-refractivity contribution in [3.05, 3.63) is 23.7 Å². The van der Waals surface area contributed by atoms with Crippen LogP contribution in [0.2, 0.25) is 0 Å². The molecule has 0 atom stereocenters. The molecular weight excluding hydrogens is 156 g/mol. The van der Waals surface area contributed by atoms with Crippen LogP contribution in [0.5, 0.6) is 0 Å². The summed E-state index contributed by atoms with van der Waals surface area (Å²) in [5.74, 6) is 1.74. The molecular formula is C8H12N2O2. The standard InChI is InChI=1S/C8H12N2O2/c1-6-2-3-7(12-6)4-5-10-8(9)11/h2-3H,4-5H2,1H3,(H3,9,10,11). The van der Waals surface area contributed by atoms with E-state index in [0.717, 1.165) is 11.5 Å². The topological polar surface area (TPSA) is 68.3 Å². The fourth-order valence-electron chi connectivity index (χ4n) is 0.928. The average Bonchev–Trinajstić information content (AvgIpc) is 2.35. The molecule has 0 bridgehead atoms. The number of carbonyl (C=O) groups excluding carboxylic acids is 1. The lowest BCUT2D eigenvalue weighted by Gasteiger charge is -1.97. The Morgan fingerprint density at radius 3 is 2.92 bits per heavy atom. The summed E-state index contributed by atoms with van der Waals surface area (Å²) < 4.78 is 5.27. The number of amides is 2. The molecule has 0 spiro atoms. The van der Waals surface area contributed by atoms with Crippen LogP contribution in [-0.2, 0) is 6.42 Å². The molecule has 1 heterocycles. The lowest BCUT2D eigenvalue weighted by Crippen LogP contribution is -2.30. The van der Waals surface area contributed by atoms with Crippen LogP contribution in [-0.4, -0.2) is 12.6 Å². The highest BCUT2D eigenvalue weighted by Gasteiger charge is 1.98. The number of rotatable bonds is 3. The van der Waals surface area contributed by atoms with E-state index in [0.29, 0.717) is 13.0 Å². The first kappa shape index (κ1) is 8.64. The molecule has 0 fully saturated rings. The number of furan rings is 1. The van der Waals surface area contributed by atoms with E-state index < -0.39 is 6.03 Å². The number of hydrogen-bond acceptors (Lipinski definition) is 2. The molecule has 0 aromatic carbocycles. The maximum atomic E-state index is 10.3. The van der Waals surface area contributed by atoms with E-state index in [1.165, 1.54) is 0 Å². The highest BCUT2D eigenvalue weighted by molar-refractivity contribution is 5.71. The van der Waals surface area contributed by atoms with Crippen molar-refractivity contribution in [1.82, 2.24) is 5.32 Å². The molecule has 0 unspecified atom stereocenters. The van der Waals surface area contributed by atoms with Gasteiger partial charge in [0.2, 0.25) is 0 Å². The smallest absolute Gasteiger partial charge is 0.312 e. The Morgan fingerprint density at radius 1 is 1.67 bits per heavy atom. The average molecular weight is 168 g/mol. The first-order chi connectivity index (χ1) is 5.68. The first-order valence-electron chi connectivity index (χ1n) is 3.77. The van der Waals surface area contributed by atoms with E-state index in [4.69, 9.17) is 10.2 Å². The van der Waals surface area contributed by atoms with Crippen LogP contribution in [0, 0.1) is 6.92 Å². The minimum atomic E-state index is -0.502. The highest BCUT2D eigenvalue weighted by Crippen LogP contribution is 2.05. The van der Waals surface area contributed by atoms with Gasteiger partial charge in [-0.05, 0) is 19.1 Å². The number of nitrogens with two attached hydrogens (primary N) is 1. The fourth-order valence-corrected chi connectivity index (χ4v) is 0.928. The number of primary amides is 1. The van der Waals surface area contributed by atoms with E-state index in [1.807, 2.05) is 19.1 Å². The molecule has 0 saturated carbocycles. The van der Waals surface area contributed by atoms with Crippen molar-refractivity contribution < 1.29 is 9.21 Å². The van der Waals surface area contributed by atoms with Crippen LogP contribution in [0.15, 0.2) is 16.5 Å². The Kier molecular flexibility index (Phi) is 2.74. The number of nitrogens with one attached hydrogen (secondary N) is 1. The summed E-state index contributed by atoms with van der Waals surface area (Å²) in [5, 5.41) is 2.48. The molecule has 12 heavy (non-hydrogen) atoms. The molecule has 0 aliphatic rings. The molecule has 3 N–H and O–H groups in total. The predicted octanol–water partition coefficient (Wildman–Crippen LogP) is 0.799. The second kappa shape index (κ2) is 3.80. The van der Waals surface area contributed by atoms with Crippen LogP contribution in [0.25, 0.3) is 0 Å². The van der Waals surface area contributed by atoms with E-state index in [2.05, 4.69) is 5.32 Å². The molecule has 66 valence electrons. The van der Waals surface area contributed by atoms with E-state index in [9.17, 15) is 4.79 Å². The summed E-state index contributed by atoms with van der Waals surface area (Å²) in [6, 6.07) is 3.27. The summed E-state index contributed by atoms with van der Waals surface area (Å²) >= 11 is 0. The molecule has 4 nitrogen and oxygen atoms in total. The number of urea groups is 1. The maximum absolute atomic E-state index is 10.3. The Bertz CT molecular complexity index is 268. The molecule has 1 aromatic rings. The Hall–Kier alpha value is -1.45. The van der Waals surface area contributed by atoms with Gasteiger partial charge in [-0.3, -0.25) is 0 Å². The van der Waals surface area contributed by atoms with Crippen LogP contribution in [0.4, 0.5) is 4.79 Å². The Labute approximate surface area is 70.7 Å². The summed E-state index contributed by atoms with van der Waals surface area (Å²) in [6.07, 6.45) is 0.677. The first-order valence-corrected chi connectivity index (χ1v) is 3.77. The quantitative estimate of drug-likeness (QED) is 0.700. The van der Waals surface area contributed by atoms with Gasteiger partial charge in [0.15, 0.2) is 0 Å². The zero-order valence-corrected chi connectivity index (χ0v) is 6.96. The summed E-state index contributed by atoms with van der Waals surface area (Å²) in [4.78, 5) is 10.3. The minimum absolute atomic E-state index is 0.502. The third-order valence-corrected chi connectivity index (χ3v) is 1.47. The van der Waals surface area contributed by atoms with Gasteiger partial charge in [0.25, 0.3) is 0 Å². The molecule has 0 radical (unpaired) electrons. The number of carbonyl (C=O) groups is 1. The monoisotopic (exact) mass is 168 g/mol. The largest absolute Gasteiger partial charge is 0.466 e. The zero-order chi connectivity index (χ0) is 8.97. The number of aryl methyl sites for hydroxylation is 1. The van der Waals surface area contributed by atoms with Crippen molar-refractivity contribution in [2.45, 2.75) is 13.3 Å². The maximum Gasteiger partial charge on any atom is 0.312 e. The van der Waals surface area contributed by atoms with Gasteiger partial charge in [0.1, 0.15) is 11.5 Å². The van der Waals surface area contributed by atoms with Gasteiger partial charge in [0.05, 0.1) is 0 Å². The van der Waals surface area contributed by atoms with Crippen LogP contribution >= 0.6 is 0 Å². The third-order valence-electron chi connectivity index (χ3n) is 1.47. The SMILES string of the molecule is Cc1ccc(CCNC(N)=O)o1. The van der Waals surface area contributed by atoms with Crippen molar-refractivity contribution in [2.75, 3.05) is 6.54 Å². The van der Waals surface area contributed by atoms with E-state index in [-0.39, 0.29) is 0 Å². The second-order valence-electron chi connectivity index (χ2n) is 2.55. The van der Waals surface area contributed by atoms with Gasteiger partial charge in [-0.2, -0.15) is 0 Å².